The normalized spacial score (nSPS) is 15.8. The van der Waals surface area contributed by atoms with Crippen LogP contribution < -0.4 is 5.32 Å². The lowest BCUT2D eigenvalue weighted by molar-refractivity contribution is -0.149. The van der Waals surface area contributed by atoms with Gasteiger partial charge in [0.15, 0.2) is 0 Å². The first kappa shape index (κ1) is 13.9. The number of carboxylic acids is 1. The van der Waals surface area contributed by atoms with E-state index < -0.39 is 11.4 Å². The summed E-state index contributed by atoms with van der Waals surface area (Å²) in [6, 6.07) is 7.56. The molecule has 1 amide bonds. The van der Waals surface area contributed by atoms with Crippen LogP contribution in [-0.4, -0.2) is 23.5 Å². The summed E-state index contributed by atoms with van der Waals surface area (Å²) in [4.78, 5) is 22.7. The highest BCUT2D eigenvalue weighted by molar-refractivity contribution is 6.30. The van der Waals surface area contributed by atoms with Crippen molar-refractivity contribution in [3.05, 3.63) is 34.9 Å². The molecular weight excluding hydrogens is 266 g/mol. The molecule has 5 heteroatoms. The molecule has 2 N–H and O–H groups in total. The summed E-state index contributed by atoms with van der Waals surface area (Å²) in [6.07, 6.45) is 2.51. The highest BCUT2D eigenvalue weighted by Gasteiger charge is 2.56. The average Bonchev–Trinajstić information content (AvgIpc) is 3.18. The molecule has 4 nitrogen and oxygen atoms in total. The molecule has 1 fully saturated rings. The van der Waals surface area contributed by atoms with Gasteiger partial charge in [0.05, 0.1) is 0 Å². The summed E-state index contributed by atoms with van der Waals surface area (Å²) in [7, 11) is 0. The molecule has 0 saturated heterocycles. The number of hydrogen-bond acceptors (Lipinski definition) is 2. The molecule has 1 aromatic carbocycles. The first-order valence-corrected chi connectivity index (χ1v) is 6.68. The minimum absolute atomic E-state index is 0.351. The number of aliphatic carboxylic acids is 1. The second kappa shape index (κ2) is 5.61. The summed E-state index contributed by atoms with van der Waals surface area (Å²) in [5.74, 6) is -1.36. The van der Waals surface area contributed by atoms with Crippen LogP contribution in [0.1, 0.15) is 24.8 Å². The minimum atomic E-state index is -1.14. The predicted molar refractivity (Wildman–Crippen MR) is 72.1 cm³/mol. The summed E-state index contributed by atoms with van der Waals surface area (Å²) in [6.45, 7) is 0.497. The zero-order chi connectivity index (χ0) is 13.9. The van der Waals surface area contributed by atoms with Gasteiger partial charge in [-0.2, -0.15) is 0 Å². The minimum Gasteiger partial charge on any atom is -0.480 e. The van der Waals surface area contributed by atoms with E-state index in [9.17, 15) is 9.59 Å². The van der Waals surface area contributed by atoms with Gasteiger partial charge in [-0.15, -0.1) is 0 Å². The number of hydrogen-bond donors (Lipinski definition) is 2. The van der Waals surface area contributed by atoms with Crippen molar-refractivity contribution in [1.29, 1.82) is 0 Å². The van der Waals surface area contributed by atoms with E-state index in [1.165, 1.54) is 0 Å². The quantitative estimate of drug-likeness (QED) is 0.621. The lowest BCUT2D eigenvalue weighted by atomic mass is 10.1. The largest absolute Gasteiger partial charge is 0.480 e. The number of carboxylic acid groups (broad SMARTS) is 1. The van der Waals surface area contributed by atoms with E-state index in [-0.39, 0.29) is 5.91 Å². The van der Waals surface area contributed by atoms with Crippen LogP contribution in [0.2, 0.25) is 5.02 Å². The van der Waals surface area contributed by atoms with Gasteiger partial charge in [-0.3, -0.25) is 9.59 Å². The van der Waals surface area contributed by atoms with Gasteiger partial charge < -0.3 is 10.4 Å². The van der Waals surface area contributed by atoms with Crippen LogP contribution in [0.5, 0.6) is 0 Å². The van der Waals surface area contributed by atoms with E-state index in [0.717, 1.165) is 18.4 Å². The molecule has 0 aromatic heterocycles. The van der Waals surface area contributed by atoms with Crippen molar-refractivity contribution in [3.8, 4) is 0 Å². The van der Waals surface area contributed by atoms with Crippen LogP contribution in [0.25, 0.3) is 0 Å². The number of nitrogens with one attached hydrogen (secondary N) is 1. The van der Waals surface area contributed by atoms with Crippen LogP contribution in [0.15, 0.2) is 24.3 Å². The van der Waals surface area contributed by atoms with Crippen molar-refractivity contribution in [2.45, 2.75) is 25.7 Å². The predicted octanol–water partition coefficient (Wildman–Crippen LogP) is 2.25. The van der Waals surface area contributed by atoms with E-state index in [4.69, 9.17) is 16.7 Å². The zero-order valence-electron chi connectivity index (χ0n) is 10.5. The van der Waals surface area contributed by atoms with Gasteiger partial charge in [0.1, 0.15) is 5.41 Å². The Morgan fingerprint density at radius 1 is 1.26 bits per heavy atom. The van der Waals surface area contributed by atoms with Crippen molar-refractivity contribution in [2.24, 2.45) is 5.41 Å². The van der Waals surface area contributed by atoms with Gasteiger partial charge in [0.2, 0.25) is 5.91 Å². The monoisotopic (exact) mass is 281 g/mol. The Bertz CT molecular complexity index is 480. The molecule has 0 spiro atoms. The molecule has 0 bridgehead atoms. The van der Waals surface area contributed by atoms with Gasteiger partial charge in [-0.05, 0) is 43.4 Å². The second-order valence-electron chi connectivity index (χ2n) is 4.87. The SMILES string of the molecule is O=C(O)C1(C(=O)NCCCc2ccc(Cl)cc2)CC1. The number of benzene rings is 1. The summed E-state index contributed by atoms with van der Waals surface area (Å²) in [5, 5.41) is 12.4. The number of halogens is 1. The standard InChI is InChI=1S/C14H16ClNO3/c15-11-5-3-10(4-6-11)2-1-9-16-12(17)14(7-8-14)13(18)19/h3-6H,1-2,7-9H2,(H,16,17)(H,18,19). The molecule has 1 aliphatic carbocycles. The second-order valence-corrected chi connectivity index (χ2v) is 5.31. The smallest absolute Gasteiger partial charge is 0.319 e. The molecular formula is C14H16ClNO3. The average molecular weight is 282 g/mol. The third kappa shape index (κ3) is 3.26. The molecule has 2 rings (SSSR count). The Kier molecular flexibility index (Phi) is 4.10. The first-order valence-electron chi connectivity index (χ1n) is 6.31. The molecule has 0 unspecified atom stereocenters. The van der Waals surface area contributed by atoms with E-state index in [0.29, 0.717) is 24.4 Å². The third-order valence-corrected chi connectivity index (χ3v) is 3.69. The first-order chi connectivity index (χ1) is 9.04. The molecule has 1 saturated carbocycles. The lowest BCUT2D eigenvalue weighted by Crippen LogP contribution is -2.37. The third-order valence-electron chi connectivity index (χ3n) is 3.44. The highest BCUT2D eigenvalue weighted by Crippen LogP contribution is 2.46. The van der Waals surface area contributed by atoms with Crippen LogP contribution in [0.3, 0.4) is 0 Å². The maximum Gasteiger partial charge on any atom is 0.319 e. The number of carbonyl (C=O) groups is 2. The zero-order valence-corrected chi connectivity index (χ0v) is 11.2. The summed E-state index contributed by atoms with van der Waals surface area (Å²) < 4.78 is 0. The Balaban J connectivity index is 1.71. The molecule has 1 aliphatic rings. The number of rotatable bonds is 6. The van der Waals surface area contributed by atoms with E-state index >= 15 is 0 Å². The van der Waals surface area contributed by atoms with E-state index in [2.05, 4.69) is 5.32 Å². The Hall–Kier alpha value is -1.55. The van der Waals surface area contributed by atoms with Gasteiger partial charge in [0.25, 0.3) is 0 Å². The van der Waals surface area contributed by atoms with Crippen LogP contribution in [0, 0.1) is 5.41 Å². The molecule has 19 heavy (non-hydrogen) atoms. The molecule has 102 valence electrons. The van der Waals surface area contributed by atoms with Gasteiger partial charge in [0, 0.05) is 11.6 Å². The molecule has 0 aliphatic heterocycles. The molecule has 0 heterocycles. The van der Waals surface area contributed by atoms with Crippen LogP contribution in [0.4, 0.5) is 0 Å². The topological polar surface area (TPSA) is 66.4 Å². The Morgan fingerprint density at radius 2 is 1.89 bits per heavy atom. The fourth-order valence-corrected chi connectivity index (χ4v) is 2.10. The van der Waals surface area contributed by atoms with Crippen molar-refractivity contribution in [2.75, 3.05) is 6.54 Å². The fraction of sp³-hybridized carbons (Fsp3) is 0.429. The van der Waals surface area contributed by atoms with Crippen LogP contribution >= 0.6 is 11.6 Å². The fourth-order valence-electron chi connectivity index (χ4n) is 1.98. The Labute approximate surface area is 116 Å². The van der Waals surface area contributed by atoms with Gasteiger partial charge in [-0.25, -0.2) is 0 Å². The Morgan fingerprint density at radius 3 is 2.42 bits per heavy atom. The number of amides is 1. The summed E-state index contributed by atoms with van der Waals surface area (Å²) >= 11 is 5.79. The van der Waals surface area contributed by atoms with Crippen LogP contribution in [-0.2, 0) is 16.0 Å². The highest BCUT2D eigenvalue weighted by atomic mass is 35.5. The van der Waals surface area contributed by atoms with E-state index in [1.54, 1.807) is 0 Å². The van der Waals surface area contributed by atoms with Gasteiger partial charge in [-0.1, -0.05) is 23.7 Å². The van der Waals surface area contributed by atoms with Crippen molar-refractivity contribution >= 4 is 23.5 Å². The molecule has 0 atom stereocenters. The van der Waals surface area contributed by atoms with Gasteiger partial charge >= 0.3 is 5.97 Å². The maximum atomic E-state index is 11.7. The summed E-state index contributed by atoms with van der Waals surface area (Å²) in [5.41, 5.74) is 0.0123. The number of aryl methyl sites for hydroxylation is 1. The molecule has 0 radical (unpaired) electrons. The van der Waals surface area contributed by atoms with Crippen molar-refractivity contribution < 1.29 is 14.7 Å². The maximum absolute atomic E-state index is 11.7. The van der Waals surface area contributed by atoms with E-state index in [1.807, 2.05) is 24.3 Å². The molecule has 1 aromatic rings. The van der Waals surface area contributed by atoms with Crippen molar-refractivity contribution in [1.82, 2.24) is 5.32 Å². The van der Waals surface area contributed by atoms with Crippen molar-refractivity contribution in [3.63, 3.8) is 0 Å². The lowest BCUT2D eigenvalue weighted by Gasteiger charge is -2.10. The number of carbonyl (C=O) groups excluding carboxylic acids is 1.